The van der Waals surface area contributed by atoms with E-state index in [4.69, 9.17) is 0 Å². The van der Waals surface area contributed by atoms with Crippen molar-refractivity contribution in [3.63, 3.8) is 0 Å². The third kappa shape index (κ3) is 5.93. The highest BCUT2D eigenvalue weighted by Crippen LogP contribution is 2.13. The van der Waals surface area contributed by atoms with Gasteiger partial charge in [0.1, 0.15) is 0 Å². The molecule has 1 rings (SSSR count). The predicted molar refractivity (Wildman–Crippen MR) is 76.6 cm³/mol. The second-order valence-corrected chi connectivity index (χ2v) is 5.90. The lowest BCUT2D eigenvalue weighted by atomic mass is 10.1. The van der Waals surface area contributed by atoms with Crippen molar-refractivity contribution in [2.45, 2.75) is 12.8 Å². The Bertz CT molecular complexity index is 533. The standard InChI is InChI=1S/C11H15BrN2O4S/c1-18-11(15)14-19(16,17)13-10-6-2-4-9(8-10)5-3-7-12/h2,4,6,8,13H,3,5,7H2,1H3,(H,14,15). The van der Waals surface area contributed by atoms with Gasteiger partial charge in [-0.05, 0) is 30.5 Å². The van der Waals surface area contributed by atoms with Gasteiger partial charge in [0.2, 0.25) is 0 Å². The van der Waals surface area contributed by atoms with Crippen LogP contribution in [0.1, 0.15) is 12.0 Å². The van der Waals surface area contributed by atoms with Crippen LogP contribution in [0.5, 0.6) is 0 Å². The maximum atomic E-state index is 11.6. The van der Waals surface area contributed by atoms with E-state index in [0.29, 0.717) is 5.69 Å². The minimum absolute atomic E-state index is 0.392. The van der Waals surface area contributed by atoms with E-state index >= 15 is 0 Å². The average Bonchev–Trinajstić information content (AvgIpc) is 2.35. The number of ether oxygens (including phenoxy) is 1. The molecule has 1 amide bonds. The fourth-order valence-corrected chi connectivity index (χ4v) is 2.46. The van der Waals surface area contributed by atoms with Gasteiger partial charge in [0, 0.05) is 5.33 Å². The van der Waals surface area contributed by atoms with E-state index in [9.17, 15) is 13.2 Å². The summed E-state index contributed by atoms with van der Waals surface area (Å²) in [5.74, 6) is 0. The molecule has 19 heavy (non-hydrogen) atoms. The van der Waals surface area contributed by atoms with Crippen LogP contribution in [0.4, 0.5) is 10.5 Å². The fourth-order valence-electron chi connectivity index (χ4n) is 1.39. The maximum absolute atomic E-state index is 11.6. The van der Waals surface area contributed by atoms with E-state index < -0.39 is 16.3 Å². The molecule has 0 aromatic heterocycles. The van der Waals surface area contributed by atoms with Gasteiger partial charge < -0.3 is 4.74 Å². The molecule has 1 aromatic rings. The third-order valence-corrected chi connectivity index (χ3v) is 3.68. The van der Waals surface area contributed by atoms with Crippen LogP contribution in [0.3, 0.4) is 0 Å². The number of hydrogen-bond donors (Lipinski definition) is 2. The summed E-state index contributed by atoms with van der Waals surface area (Å²) in [6.07, 6.45) is 0.755. The Morgan fingerprint density at radius 3 is 2.79 bits per heavy atom. The summed E-state index contributed by atoms with van der Waals surface area (Å²) in [4.78, 5) is 10.9. The molecule has 106 valence electrons. The first-order valence-electron chi connectivity index (χ1n) is 5.50. The quantitative estimate of drug-likeness (QED) is 0.768. The van der Waals surface area contributed by atoms with Crippen molar-refractivity contribution < 1.29 is 17.9 Å². The molecular formula is C11H15BrN2O4S. The Morgan fingerprint density at radius 2 is 2.16 bits per heavy atom. The summed E-state index contributed by atoms with van der Waals surface area (Å²) in [6.45, 7) is 0. The van der Waals surface area contributed by atoms with E-state index in [1.807, 2.05) is 6.07 Å². The molecule has 0 saturated heterocycles. The van der Waals surface area contributed by atoms with Crippen LogP contribution in [-0.2, 0) is 21.4 Å². The van der Waals surface area contributed by atoms with Gasteiger partial charge in [-0.1, -0.05) is 28.1 Å². The van der Waals surface area contributed by atoms with Gasteiger partial charge in [0.15, 0.2) is 0 Å². The zero-order valence-electron chi connectivity index (χ0n) is 10.3. The normalized spacial score (nSPS) is 10.8. The minimum Gasteiger partial charge on any atom is -0.452 e. The largest absolute Gasteiger partial charge is 0.452 e. The number of benzene rings is 1. The number of nitrogens with one attached hydrogen (secondary N) is 2. The molecular weight excluding hydrogens is 336 g/mol. The van der Waals surface area contributed by atoms with Crippen LogP contribution >= 0.6 is 15.9 Å². The molecule has 0 atom stereocenters. The molecule has 0 spiro atoms. The number of alkyl halides is 1. The summed E-state index contributed by atoms with van der Waals surface area (Å²) >= 11 is 3.34. The molecule has 0 heterocycles. The van der Waals surface area contributed by atoms with Crippen LogP contribution < -0.4 is 9.44 Å². The minimum atomic E-state index is -3.97. The number of methoxy groups -OCH3 is 1. The van der Waals surface area contributed by atoms with Crippen molar-refractivity contribution in [2.24, 2.45) is 0 Å². The monoisotopic (exact) mass is 350 g/mol. The number of anilines is 1. The van der Waals surface area contributed by atoms with Gasteiger partial charge in [-0.3, -0.25) is 4.72 Å². The van der Waals surface area contributed by atoms with Crippen LogP contribution in [-0.4, -0.2) is 27.0 Å². The molecule has 0 fully saturated rings. The second kappa shape index (κ2) is 7.34. The molecule has 0 unspecified atom stereocenters. The first kappa shape index (κ1) is 15.8. The maximum Gasteiger partial charge on any atom is 0.422 e. The molecule has 1 aromatic carbocycles. The molecule has 2 N–H and O–H groups in total. The van der Waals surface area contributed by atoms with Crippen LogP contribution in [0.2, 0.25) is 0 Å². The first-order chi connectivity index (χ1) is 8.96. The SMILES string of the molecule is COC(=O)NS(=O)(=O)Nc1cccc(CCCBr)c1. The van der Waals surface area contributed by atoms with Crippen molar-refractivity contribution in [3.05, 3.63) is 29.8 Å². The molecule has 8 heteroatoms. The van der Waals surface area contributed by atoms with Gasteiger partial charge in [0.05, 0.1) is 12.8 Å². The Labute approximate surface area is 120 Å². The van der Waals surface area contributed by atoms with E-state index in [0.717, 1.165) is 30.8 Å². The highest BCUT2D eigenvalue weighted by atomic mass is 79.9. The molecule has 0 aliphatic rings. The zero-order valence-corrected chi connectivity index (χ0v) is 12.8. The molecule has 0 radical (unpaired) electrons. The molecule has 0 aliphatic heterocycles. The van der Waals surface area contributed by atoms with Gasteiger partial charge in [-0.15, -0.1) is 0 Å². The van der Waals surface area contributed by atoms with Crippen LogP contribution in [0.15, 0.2) is 24.3 Å². The third-order valence-electron chi connectivity index (χ3n) is 2.18. The van der Waals surface area contributed by atoms with Gasteiger partial charge in [-0.2, -0.15) is 8.42 Å². The first-order valence-corrected chi connectivity index (χ1v) is 8.10. The zero-order chi connectivity index (χ0) is 14.3. The Balaban J connectivity index is 2.73. The van der Waals surface area contributed by atoms with Crippen molar-refractivity contribution in [3.8, 4) is 0 Å². The summed E-state index contributed by atoms with van der Waals surface area (Å²) in [5, 5.41) is 0.882. The smallest absolute Gasteiger partial charge is 0.422 e. The number of rotatable bonds is 6. The summed E-state index contributed by atoms with van der Waals surface area (Å²) in [6, 6.07) is 6.99. The van der Waals surface area contributed by atoms with Crippen molar-refractivity contribution in [1.29, 1.82) is 0 Å². The average molecular weight is 351 g/mol. The lowest BCUT2D eigenvalue weighted by Crippen LogP contribution is -2.35. The highest BCUT2D eigenvalue weighted by Gasteiger charge is 2.14. The summed E-state index contributed by atoms with van der Waals surface area (Å²) in [7, 11) is -2.88. The van der Waals surface area contributed by atoms with E-state index in [1.165, 1.54) is 0 Å². The number of amides is 1. The van der Waals surface area contributed by atoms with Gasteiger partial charge in [0.25, 0.3) is 0 Å². The number of carbonyl (C=O) groups is 1. The number of hydrogen-bond acceptors (Lipinski definition) is 4. The fraction of sp³-hybridized carbons (Fsp3) is 0.364. The predicted octanol–water partition coefficient (Wildman–Crippen LogP) is 2.03. The van der Waals surface area contributed by atoms with Crippen molar-refractivity contribution in [2.75, 3.05) is 17.2 Å². The Hall–Kier alpha value is -1.28. The van der Waals surface area contributed by atoms with Crippen molar-refractivity contribution in [1.82, 2.24) is 4.72 Å². The second-order valence-electron chi connectivity index (χ2n) is 3.69. The van der Waals surface area contributed by atoms with Crippen molar-refractivity contribution >= 4 is 37.9 Å². The number of aryl methyl sites for hydroxylation is 1. The molecule has 0 bridgehead atoms. The summed E-state index contributed by atoms with van der Waals surface area (Å²) in [5.41, 5.74) is 1.40. The van der Waals surface area contributed by atoms with Crippen LogP contribution in [0.25, 0.3) is 0 Å². The number of halogens is 1. The summed E-state index contributed by atoms with van der Waals surface area (Å²) < 4.78 is 31.3. The molecule has 6 nitrogen and oxygen atoms in total. The van der Waals surface area contributed by atoms with Crippen LogP contribution in [0, 0.1) is 0 Å². The Morgan fingerprint density at radius 1 is 1.42 bits per heavy atom. The lowest BCUT2D eigenvalue weighted by Gasteiger charge is -2.09. The lowest BCUT2D eigenvalue weighted by molar-refractivity contribution is 0.177. The van der Waals surface area contributed by atoms with E-state index in [-0.39, 0.29) is 0 Å². The van der Waals surface area contributed by atoms with E-state index in [1.54, 1.807) is 22.9 Å². The number of carbonyl (C=O) groups excluding carboxylic acids is 1. The highest BCUT2D eigenvalue weighted by molar-refractivity contribution is 9.09. The molecule has 0 aliphatic carbocycles. The topological polar surface area (TPSA) is 84.5 Å². The van der Waals surface area contributed by atoms with Gasteiger partial charge >= 0.3 is 16.3 Å². The van der Waals surface area contributed by atoms with E-state index in [2.05, 4.69) is 25.4 Å². The Kier molecular flexibility index (Phi) is 6.10. The van der Waals surface area contributed by atoms with Gasteiger partial charge in [-0.25, -0.2) is 9.52 Å². The molecule has 0 saturated carbocycles.